The number of hydrogen-bond donors (Lipinski definition) is 3. The zero-order valence-electron chi connectivity index (χ0n) is 14.3. The van der Waals surface area contributed by atoms with E-state index in [-0.39, 0.29) is 6.54 Å². The summed E-state index contributed by atoms with van der Waals surface area (Å²) in [6, 6.07) is 12.3. The van der Waals surface area contributed by atoms with Crippen LogP contribution in [-0.2, 0) is 16.0 Å². The molecule has 136 valence electrons. The second-order valence-corrected chi connectivity index (χ2v) is 6.69. The van der Waals surface area contributed by atoms with Crippen LogP contribution in [0.2, 0.25) is 5.02 Å². The number of halogens is 1. The van der Waals surface area contributed by atoms with E-state index >= 15 is 0 Å². The van der Waals surface area contributed by atoms with E-state index in [0.29, 0.717) is 10.7 Å². The second kappa shape index (κ2) is 7.76. The van der Waals surface area contributed by atoms with Crippen LogP contribution in [0, 0.1) is 0 Å². The molecule has 1 heterocycles. The van der Waals surface area contributed by atoms with E-state index in [1.807, 2.05) is 25.2 Å². The highest BCUT2D eigenvalue weighted by atomic mass is 35.5. The summed E-state index contributed by atoms with van der Waals surface area (Å²) in [5.41, 5.74) is 3.48. The van der Waals surface area contributed by atoms with Crippen LogP contribution >= 0.6 is 11.6 Å². The van der Waals surface area contributed by atoms with Crippen molar-refractivity contribution < 1.29 is 14.7 Å². The van der Waals surface area contributed by atoms with E-state index in [4.69, 9.17) is 11.6 Å². The first-order valence-corrected chi connectivity index (χ1v) is 8.68. The van der Waals surface area contributed by atoms with Gasteiger partial charge in [0.15, 0.2) is 0 Å². The summed E-state index contributed by atoms with van der Waals surface area (Å²) in [6.07, 6.45) is 0.0509. The van der Waals surface area contributed by atoms with Gasteiger partial charge in [-0.05, 0) is 41.8 Å². The second-order valence-electron chi connectivity index (χ2n) is 6.25. The summed E-state index contributed by atoms with van der Waals surface area (Å²) in [4.78, 5) is 26.0. The number of aliphatic hydroxyl groups is 1. The summed E-state index contributed by atoms with van der Waals surface area (Å²) in [7, 11) is 2.03. The molecule has 2 amide bonds. The lowest BCUT2D eigenvalue weighted by Crippen LogP contribution is -2.37. The van der Waals surface area contributed by atoms with Gasteiger partial charge in [-0.25, -0.2) is 0 Å². The number of rotatable bonds is 4. The Morgan fingerprint density at radius 1 is 1.23 bits per heavy atom. The van der Waals surface area contributed by atoms with Gasteiger partial charge in [0.25, 0.3) is 0 Å². The fourth-order valence-electron chi connectivity index (χ4n) is 2.94. The van der Waals surface area contributed by atoms with Gasteiger partial charge >= 0.3 is 11.8 Å². The maximum atomic E-state index is 11.9. The Hall–Kier alpha value is -2.57. The molecular formula is C19H20ClN3O3. The fourth-order valence-corrected chi connectivity index (χ4v) is 3.13. The largest absolute Gasteiger partial charge is 0.387 e. The topological polar surface area (TPSA) is 81.7 Å². The molecule has 2 aromatic carbocycles. The Morgan fingerprint density at radius 2 is 2.04 bits per heavy atom. The molecule has 0 saturated carbocycles. The maximum absolute atomic E-state index is 11.9. The Balaban J connectivity index is 1.54. The van der Waals surface area contributed by atoms with Crippen LogP contribution in [0.15, 0.2) is 42.5 Å². The Morgan fingerprint density at radius 3 is 2.81 bits per heavy atom. The summed E-state index contributed by atoms with van der Waals surface area (Å²) >= 11 is 5.84. The smallest absolute Gasteiger partial charge is 0.313 e. The van der Waals surface area contributed by atoms with Crippen LogP contribution in [0.25, 0.3) is 0 Å². The average molecular weight is 374 g/mol. The van der Waals surface area contributed by atoms with E-state index in [9.17, 15) is 14.7 Å². The Kier molecular flexibility index (Phi) is 5.44. The number of nitrogens with one attached hydrogen (secondary N) is 2. The zero-order chi connectivity index (χ0) is 18.7. The van der Waals surface area contributed by atoms with Crippen molar-refractivity contribution >= 4 is 34.8 Å². The number of anilines is 2. The molecule has 0 fully saturated rings. The molecule has 1 unspecified atom stereocenters. The van der Waals surface area contributed by atoms with Crippen LogP contribution in [-0.4, -0.2) is 37.1 Å². The van der Waals surface area contributed by atoms with Crippen molar-refractivity contribution in [3.8, 4) is 0 Å². The summed E-state index contributed by atoms with van der Waals surface area (Å²) in [5.74, 6) is -1.63. The lowest BCUT2D eigenvalue weighted by atomic mass is 10.0. The minimum atomic E-state index is -0.880. The van der Waals surface area contributed by atoms with Gasteiger partial charge in [-0.1, -0.05) is 29.8 Å². The number of carbonyl (C=O) groups excluding carboxylic acids is 2. The third kappa shape index (κ3) is 4.15. The normalized spacial score (nSPS) is 13.9. The lowest BCUT2D eigenvalue weighted by Gasteiger charge is -2.15. The van der Waals surface area contributed by atoms with Crippen molar-refractivity contribution in [2.24, 2.45) is 0 Å². The van der Waals surface area contributed by atoms with Gasteiger partial charge < -0.3 is 20.6 Å². The van der Waals surface area contributed by atoms with Crippen LogP contribution in [0.5, 0.6) is 0 Å². The molecule has 0 spiro atoms. The minimum absolute atomic E-state index is 0.0452. The van der Waals surface area contributed by atoms with Gasteiger partial charge in [0.2, 0.25) is 0 Å². The number of fused-ring (bicyclic) bond motifs is 1. The van der Waals surface area contributed by atoms with Crippen LogP contribution in [0.4, 0.5) is 11.4 Å². The standard InChI is InChI=1S/C19H20ClN3O3/c1-23-8-7-12-9-13(5-6-16(12)23)17(24)11-21-18(25)19(26)22-15-4-2-3-14(20)10-15/h2-6,9-10,17,24H,7-8,11H2,1H3,(H,21,25)(H,22,26). The minimum Gasteiger partial charge on any atom is -0.387 e. The molecule has 1 aliphatic heterocycles. The SMILES string of the molecule is CN1CCc2cc(C(O)CNC(=O)C(=O)Nc3cccc(Cl)c3)ccc21. The third-order valence-corrected chi connectivity index (χ3v) is 4.60. The molecule has 26 heavy (non-hydrogen) atoms. The van der Waals surface area contributed by atoms with E-state index in [2.05, 4.69) is 15.5 Å². The molecule has 0 radical (unpaired) electrons. The summed E-state index contributed by atoms with van der Waals surface area (Å²) < 4.78 is 0. The first-order valence-electron chi connectivity index (χ1n) is 8.31. The number of nitrogens with zero attached hydrogens (tertiary/aromatic N) is 1. The van der Waals surface area contributed by atoms with Crippen molar-refractivity contribution in [1.29, 1.82) is 0 Å². The van der Waals surface area contributed by atoms with E-state index in [1.165, 1.54) is 5.56 Å². The van der Waals surface area contributed by atoms with Crippen molar-refractivity contribution in [2.45, 2.75) is 12.5 Å². The number of benzene rings is 2. The number of carbonyl (C=O) groups is 2. The van der Waals surface area contributed by atoms with Crippen LogP contribution < -0.4 is 15.5 Å². The number of amides is 2. The van der Waals surface area contributed by atoms with Gasteiger partial charge in [0.05, 0.1) is 6.10 Å². The van der Waals surface area contributed by atoms with Gasteiger partial charge in [-0.3, -0.25) is 9.59 Å². The quantitative estimate of drug-likeness (QED) is 0.717. The molecule has 3 rings (SSSR count). The molecule has 2 aromatic rings. The molecular weight excluding hydrogens is 354 g/mol. The predicted octanol–water partition coefficient (Wildman–Crippen LogP) is 2.12. The van der Waals surface area contributed by atoms with Gasteiger partial charge in [-0.15, -0.1) is 0 Å². The first kappa shape index (κ1) is 18.2. The monoisotopic (exact) mass is 373 g/mol. The zero-order valence-corrected chi connectivity index (χ0v) is 15.1. The maximum Gasteiger partial charge on any atom is 0.313 e. The highest BCUT2D eigenvalue weighted by Crippen LogP contribution is 2.29. The Labute approximate surface area is 156 Å². The number of likely N-dealkylation sites (N-methyl/N-ethyl adjacent to an activating group) is 1. The van der Waals surface area contributed by atoms with Crippen molar-refractivity contribution in [2.75, 3.05) is 30.4 Å². The fraction of sp³-hybridized carbons (Fsp3) is 0.263. The summed E-state index contributed by atoms with van der Waals surface area (Å²) in [5, 5.41) is 15.7. The van der Waals surface area contributed by atoms with Crippen molar-refractivity contribution in [3.05, 3.63) is 58.6 Å². The highest BCUT2D eigenvalue weighted by molar-refractivity contribution is 6.39. The van der Waals surface area contributed by atoms with Crippen LogP contribution in [0.3, 0.4) is 0 Å². The molecule has 1 atom stereocenters. The first-order chi connectivity index (χ1) is 12.4. The van der Waals surface area contributed by atoms with Gasteiger partial charge in [0, 0.05) is 36.5 Å². The molecule has 3 N–H and O–H groups in total. The molecule has 0 bridgehead atoms. The van der Waals surface area contributed by atoms with Crippen LogP contribution in [0.1, 0.15) is 17.2 Å². The molecule has 6 nitrogen and oxygen atoms in total. The summed E-state index contributed by atoms with van der Waals surface area (Å²) in [6.45, 7) is 0.908. The third-order valence-electron chi connectivity index (χ3n) is 4.36. The van der Waals surface area contributed by atoms with E-state index in [1.54, 1.807) is 24.3 Å². The van der Waals surface area contributed by atoms with Crippen molar-refractivity contribution in [1.82, 2.24) is 5.32 Å². The Bertz CT molecular complexity index is 841. The molecule has 1 aliphatic rings. The van der Waals surface area contributed by atoms with Gasteiger partial charge in [0.1, 0.15) is 0 Å². The molecule has 0 aliphatic carbocycles. The van der Waals surface area contributed by atoms with Crippen molar-refractivity contribution in [3.63, 3.8) is 0 Å². The predicted molar refractivity (Wildman–Crippen MR) is 101 cm³/mol. The number of aliphatic hydroxyl groups excluding tert-OH is 1. The average Bonchev–Trinajstić information content (AvgIpc) is 2.99. The highest BCUT2D eigenvalue weighted by Gasteiger charge is 2.19. The van der Waals surface area contributed by atoms with E-state index in [0.717, 1.165) is 24.2 Å². The lowest BCUT2D eigenvalue weighted by molar-refractivity contribution is -0.136. The molecule has 0 saturated heterocycles. The van der Waals surface area contributed by atoms with E-state index < -0.39 is 17.9 Å². The molecule has 7 heteroatoms. The van der Waals surface area contributed by atoms with Gasteiger partial charge in [-0.2, -0.15) is 0 Å². The molecule has 0 aromatic heterocycles. The number of hydrogen-bond acceptors (Lipinski definition) is 4.